The second-order valence-corrected chi connectivity index (χ2v) is 31.8. The number of hydrogen-bond acceptors (Lipinski definition) is 9. The molecule has 0 saturated heterocycles. The number of fused-ring (bicyclic) bond motifs is 18. The Hall–Kier alpha value is -15.6. The van der Waals surface area contributed by atoms with Gasteiger partial charge in [0.05, 0.1) is 17.1 Å². The Kier molecular flexibility index (Phi) is 15.2. The van der Waals surface area contributed by atoms with Gasteiger partial charge in [-0.1, -0.05) is 237 Å². The normalized spacial score (nSPS) is 13.1. The fraction of sp³-hybridized carbons (Fsp3) is 0. The van der Waals surface area contributed by atoms with Crippen LogP contribution in [0.1, 0.15) is 0 Å². The highest BCUT2D eigenvalue weighted by Gasteiger charge is 2.48. The molecule has 0 unspecified atom stereocenters. The van der Waals surface area contributed by atoms with Gasteiger partial charge < -0.3 is 43.6 Å². The second kappa shape index (κ2) is 27.0. The molecule has 6 heterocycles. The summed E-state index contributed by atoms with van der Waals surface area (Å²) in [6, 6.07) is 152. The van der Waals surface area contributed by atoms with Gasteiger partial charge >= 0.3 is 0 Å². The van der Waals surface area contributed by atoms with Gasteiger partial charge in [-0.2, -0.15) is 0 Å². The van der Waals surface area contributed by atoms with Crippen molar-refractivity contribution in [3.8, 4) is 34.5 Å². The Morgan fingerprint density at radius 2 is 0.375 bits per heavy atom. The van der Waals surface area contributed by atoms with Gasteiger partial charge in [0.25, 0.3) is 20.1 Å². The van der Waals surface area contributed by atoms with Crippen molar-refractivity contribution in [3.63, 3.8) is 0 Å². The minimum absolute atomic E-state index is 0.259. The maximum absolute atomic E-state index is 7.90. The van der Waals surface area contributed by atoms with E-state index < -0.39 is 0 Å². The molecule has 0 fully saturated rings. The van der Waals surface area contributed by atoms with Crippen molar-refractivity contribution in [3.05, 3.63) is 419 Å². The number of ether oxygens (including phenoxy) is 3. The smallest absolute Gasteiger partial charge is 0.256 e. The molecule has 19 aromatic rings. The lowest BCUT2D eigenvalue weighted by Gasteiger charge is -2.41. The number of nitrogens with zero attached hydrogens (tertiary/aromatic N) is 6. The van der Waals surface area contributed by atoms with Crippen molar-refractivity contribution in [2.75, 3.05) is 29.4 Å². The average molecular weight is 1530 g/mol. The molecule has 19 aromatic carbocycles. The molecular weight excluding hydrogens is 1460 g/mol. The van der Waals surface area contributed by atoms with Gasteiger partial charge in [-0.3, -0.25) is 0 Å². The third-order valence-electron chi connectivity index (χ3n) is 25.2. The van der Waals surface area contributed by atoms with Crippen LogP contribution in [0.2, 0.25) is 0 Å². The molecule has 25 rings (SSSR count). The van der Waals surface area contributed by atoms with Crippen molar-refractivity contribution in [2.45, 2.75) is 0 Å². The first-order chi connectivity index (χ1) is 59.5. The summed E-state index contributed by atoms with van der Waals surface area (Å²) in [5.41, 5.74) is 28.8. The van der Waals surface area contributed by atoms with Crippen LogP contribution in [-0.4, -0.2) is 20.1 Å². The first-order valence-electron chi connectivity index (χ1n) is 41.2. The Morgan fingerprint density at radius 3 is 0.617 bits per heavy atom. The summed E-state index contributed by atoms with van der Waals surface area (Å²) < 4.78 is 23.7. The number of para-hydroxylation sites is 12. The Bertz CT molecular complexity index is 6530. The van der Waals surface area contributed by atoms with E-state index in [1.54, 1.807) is 0 Å². The van der Waals surface area contributed by atoms with E-state index in [0.29, 0.717) is 0 Å². The third kappa shape index (κ3) is 10.4. The zero-order valence-electron chi connectivity index (χ0n) is 65.0. The Morgan fingerprint density at radius 1 is 0.167 bits per heavy atom. The fourth-order valence-corrected chi connectivity index (χ4v) is 20.3. The highest BCUT2D eigenvalue weighted by Crippen LogP contribution is 2.53. The fourth-order valence-electron chi connectivity index (χ4n) is 20.3. The quantitative estimate of drug-likeness (QED) is 0.0879. The van der Waals surface area contributed by atoms with Crippen LogP contribution in [0.3, 0.4) is 0 Å². The molecule has 558 valence electrons. The predicted octanol–water partition coefficient (Wildman–Crippen LogP) is 22.8. The van der Waals surface area contributed by atoms with E-state index in [1.165, 1.54) is 16.4 Å². The molecule has 0 atom stereocenters. The van der Waals surface area contributed by atoms with Crippen LogP contribution in [0.15, 0.2) is 419 Å². The van der Waals surface area contributed by atoms with E-state index in [2.05, 4.69) is 448 Å². The van der Waals surface area contributed by atoms with Gasteiger partial charge in [0.2, 0.25) is 0 Å². The minimum atomic E-state index is -0.259. The maximum atomic E-state index is 7.90. The molecule has 12 heteroatoms. The topological polar surface area (TPSA) is 47.1 Å². The summed E-state index contributed by atoms with van der Waals surface area (Å²) in [6.07, 6.45) is 0. The molecule has 0 bridgehead atoms. The monoisotopic (exact) mass is 1530 g/mol. The lowest BCUT2D eigenvalue weighted by atomic mass is 9.33. The summed E-state index contributed by atoms with van der Waals surface area (Å²) in [6.45, 7) is -0.778. The first kappa shape index (κ1) is 67.7. The van der Waals surface area contributed by atoms with Crippen molar-refractivity contribution in [2.24, 2.45) is 0 Å². The zero-order valence-corrected chi connectivity index (χ0v) is 65.0. The molecule has 120 heavy (non-hydrogen) atoms. The zero-order chi connectivity index (χ0) is 78.6. The Balaban J connectivity index is 0.772. The summed E-state index contributed by atoms with van der Waals surface area (Å²) >= 11 is 0. The molecule has 0 radical (unpaired) electrons. The van der Waals surface area contributed by atoms with Crippen LogP contribution in [0.25, 0.3) is 32.3 Å². The van der Waals surface area contributed by atoms with Gasteiger partial charge in [-0.15, -0.1) is 0 Å². The van der Waals surface area contributed by atoms with E-state index in [1.807, 2.05) is 0 Å². The summed E-state index contributed by atoms with van der Waals surface area (Å²) in [5, 5.41) is 6.38. The van der Waals surface area contributed by atoms with Crippen LogP contribution in [-0.2, 0) is 0 Å². The average Bonchev–Trinajstić information content (AvgIpc) is 0.692. The molecule has 6 aliphatic heterocycles. The van der Waals surface area contributed by atoms with Crippen LogP contribution in [0.4, 0.5) is 102 Å². The van der Waals surface area contributed by atoms with Gasteiger partial charge in [-0.25, -0.2) is 0 Å². The second-order valence-electron chi connectivity index (χ2n) is 31.8. The highest BCUT2D eigenvalue weighted by atomic mass is 16.5. The molecular formula is C108H69B3N6O3. The van der Waals surface area contributed by atoms with Gasteiger partial charge in [0.15, 0.2) is 0 Å². The van der Waals surface area contributed by atoms with E-state index in [-0.39, 0.29) is 20.1 Å². The van der Waals surface area contributed by atoms with Crippen molar-refractivity contribution >= 4 is 204 Å². The molecule has 0 N–H and O–H groups in total. The van der Waals surface area contributed by atoms with E-state index in [9.17, 15) is 0 Å². The van der Waals surface area contributed by atoms with Crippen LogP contribution >= 0.6 is 0 Å². The third-order valence-corrected chi connectivity index (χ3v) is 25.2. The van der Waals surface area contributed by atoms with E-state index >= 15 is 0 Å². The van der Waals surface area contributed by atoms with Crippen molar-refractivity contribution in [1.82, 2.24) is 0 Å². The Labute approximate surface area is 696 Å². The molecule has 9 nitrogen and oxygen atoms in total. The van der Waals surface area contributed by atoms with Crippen molar-refractivity contribution in [1.29, 1.82) is 0 Å². The summed E-state index contributed by atoms with van der Waals surface area (Å²) in [7, 11) is 0. The molecule has 0 saturated carbocycles. The van der Waals surface area contributed by atoms with Crippen LogP contribution < -0.4 is 92.8 Å². The molecule has 6 aliphatic rings. The molecule has 0 spiro atoms. The number of hydrogen-bond donors (Lipinski definition) is 0. The van der Waals surface area contributed by atoms with Crippen molar-refractivity contribution < 1.29 is 14.2 Å². The molecule has 0 aliphatic carbocycles. The summed E-state index contributed by atoms with van der Waals surface area (Å²) in [5.74, 6) is 4.76. The standard InChI is InChI=1S/C108H69B3N6O3/c1-10-34-70(35-11-1)112(71-36-12-2-13-37-71)79-58-97-106-103(61-79)118-100-67-85-82(64-91(100)109(106)88-52-28-31-55-94(88)115(97)76-46-22-7-23-47-76)86-68-101-93(111-90-54-30-33-57-96(90)117(78-50-26-9-27-51-78)99-60-81(63-105(119-101)108(99)111)114(74-42-18-5-19-43-74)75-44-20-6-21-45-75)66-84(86)87-69-102-92(65-83(85)87)110-89-53-29-32-56-95(89)116(77-48-24-8-25-49-77)98-59-80(62-104(120-102)107(98)110)113(72-38-14-3-15-39-72)73-40-16-4-17-41-73/h1-69H. The predicted molar refractivity (Wildman–Crippen MR) is 501 cm³/mol. The molecule has 0 aromatic heterocycles. The maximum Gasteiger partial charge on any atom is 0.256 e. The van der Waals surface area contributed by atoms with Crippen LogP contribution in [0.5, 0.6) is 34.5 Å². The number of rotatable bonds is 12. The highest BCUT2D eigenvalue weighted by molar-refractivity contribution is 7.01. The summed E-state index contributed by atoms with van der Waals surface area (Å²) in [4.78, 5) is 14.4. The first-order valence-corrected chi connectivity index (χ1v) is 41.2. The number of benzene rings is 19. The minimum Gasteiger partial charge on any atom is -0.458 e. The van der Waals surface area contributed by atoms with E-state index in [4.69, 9.17) is 14.2 Å². The van der Waals surface area contributed by atoms with E-state index in [0.717, 1.165) is 202 Å². The van der Waals surface area contributed by atoms with Gasteiger partial charge in [-0.05, 0) is 245 Å². The van der Waals surface area contributed by atoms with Gasteiger partial charge in [0.1, 0.15) is 34.5 Å². The largest absolute Gasteiger partial charge is 0.458 e. The van der Waals surface area contributed by atoms with Gasteiger partial charge in [0, 0.05) is 104 Å². The van der Waals surface area contributed by atoms with Crippen LogP contribution in [0, 0.1) is 0 Å². The SMILES string of the molecule is c1ccc(N(c2ccccc2)c2cc3c4c(c2)N(c2ccccc2)c2ccccc2B4c2cc4c(cc2O3)c2cc3c(cc2c2cc5c(cc42)Oc2cc(N(c4ccccc4)c4ccccc4)cc4c2B5c2ccccc2N4c2ccccc2)Oc2cc(N(c4ccccc4)c4ccccc4)cc4c2B3c2ccccc2N4c2ccccc2)cc1. The lowest BCUT2D eigenvalue weighted by molar-refractivity contribution is 0.488. The lowest BCUT2D eigenvalue weighted by Crippen LogP contribution is -2.59. The number of anilines is 18. The molecule has 0 amide bonds.